The van der Waals surface area contributed by atoms with Gasteiger partial charge in [0.1, 0.15) is 6.61 Å². The summed E-state index contributed by atoms with van der Waals surface area (Å²) in [4.78, 5) is 22.1. The first-order valence-corrected chi connectivity index (χ1v) is 10.1. The van der Waals surface area contributed by atoms with Crippen LogP contribution in [0.1, 0.15) is 5.56 Å². The van der Waals surface area contributed by atoms with E-state index in [9.17, 15) is 23.3 Å². The van der Waals surface area contributed by atoms with Crippen LogP contribution < -0.4 is 14.8 Å². The average molecular weight is 410 g/mol. The minimum absolute atomic E-state index is 0.101. The highest BCUT2D eigenvalue weighted by molar-refractivity contribution is 8.70. The van der Waals surface area contributed by atoms with Crippen molar-refractivity contribution in [3.63, 3.8) is 0 Å². The summed E-state index contributed by atoms with van der Waals surface area (Å²) in [6.07, 6.45) is 0.451. The fraction of sp³-hybridized carbons (Fsp3) is 0.462. The predicted octanol–water partition coefficient (Wildman–Crippen LogP) is 1.46. The summed E-state index contributed by atoms with van der Waals surface area (Å²) in [5.41, 5.74) is -0.200. The van der Waals surface area contributed by atoms with Gasteiger partial charge in [0.15, 0.2) is 11.5 Å². The van der Waals surface area contributed by atoms with Crippen molar-refractivity contribution in [3.8, 4) is 11.5 Å². The van der Waals surface area contributed by atoms with E-state index in [1.807, 2.05) is 0 Å². The highest BCUT2D eigenvalue weighted by Gasteiger charge is 2.20. The molecule has 1 aromatic rings. The maximum absolute atomic E-state index is 11.6. The number of rotatable bonds is 10. The lowest BCUT2D eigenvalue weighted by Crippen LogP contribution is -2.28. The van der Waals surface area contributed by atoms with Crippen LogP contribution in [0, 0.1) is 10.1 Å². The monoisotopic (exact) mass is 410 g/mol. The molecule has 0 bridgehead atoms. The molecule has 0 atom stereocenters. The van der Waals surface area contributed by atoms with E-state index >= 15 is 0 Å². The Morgan fingerprint density at radius 1 is 1.27 bits per heavy atom. The van der Waals surface area contributed by atoms with E-state index in [1.165, 1.54) is 26.5 Å². The molecule has 0 aliphatic heterocycles. The number of hydrogen-bond donors (Lipinski definition) is 1. The molecule has 0 aromatic heterocycles. The van der Waals surface area contributed by atoms with Crippen LogP contribution in [-0.2, 0) is 24.7 Å². The van der Waals surface area contributed by atoms with E-state index in [0.29, 0.717) is 10.8 Å². The Kier molecular flexibility index (Phi) is 8.41. The van der Waals surface area contributed by atoms with Gasteiger partial charge < -0.3 is 19.5 Å². The van der Waals surface area contributed by atoms with Crippen molar-refractivity contribution in [2.45, 2.75) is 6.61 Å². The van der Waals surface area contributed by atoms with Crippen LogP contribution in [0.15, 0.2) is 12.1 Å². The number of hydrogen-bond acceptors (Lipinski definition) is 10. The zero-order valence-electron chi connectivity index (χ0n) is 14.2. The summed E-state index contributed by atoms with van der Waals surface area (Å²) in [5, 5.41) is 13.4. The molecule has 26 heavy (non-hydrogen) atoms. The summed E-state index contributed by atoms with van der Waals surface area (Å²) in [5.74, 6) is 0.410. The number of nitrogens with one attached hydrogen (secondary N) is 1. The number of carbonyl (C=O) groups is 1. The summed E-state index contributed by atoms with van der Waals surface area (Å²) in [6.45, 7) is -0.784. The van der Waals surface area contributed by atoms with E-state index in [4.69, 9.17) is 14.2 Å². The van der Waals surface area contributed by atoms with Gasteiger partial charge in [-0.05, 0) is 23.1 Å². The van der Waals surface area contributed by atoms with Gasteiger partial charge >= 0.3 is 15.2 Å². The van der Waals surface area contributed by atoms with Crippen LogP contribution in [0.5, 0.6) is 11.5 Å². The lowest BCUT2D eigenvalue weighted by molar-refractivity contribution is -0.385. The van der Waals surface area contributed by atoms with Gasteiger partial charge in [0.05, 0.1) is 37.4 Å². The third-order valence-electron chi connectivity index (χ3n) is 2.94. The minimum Gasteiger partial charge on any atom is -0.493 e. The van der Waals surface area contributed by atoms with Gasteiger partial charge in [-0.15, -0.1) is 0 Å². The number of nitro benzene ring substituents is 1. The SMILES string of the molecule is COc1cc(COC(=O)NCCOS(=O)(=O)SC)c([N+](=O)[O-])cc1OC. The Morgan fingerprint density at radius 2 is 1.88 bits per heavy atom. The topological polar surface area (TPSA) is 143 Å². The smallest absolute Gasteiger partial charge is 0.407 e. The van der Waals surface area contributed by atoms with Gasteiger partial charge in [0.25, 0.3) is 5.69 Å². The molecule has 13 heteroatoms. The van der Waals surface area contributed by atoms with Gasteiger partial charge in [-0.25, -0.2) is 4.79 Å². The van der Waals surface area contributed by atoms with Gasteiger partial charge in [0, 0.05) is 6.54 Å². The van der Waals surface area contributed by atoms with E-state index in [2.05, 4.69) is 9.50 Å². The molecule has 1 N–H and O–H groups in total. The highest BCUT2D eigenvalue weighted by Crippen LogP contribution is 2.34. The van der Waals surface area contributed by atoms with Crippen molar-refractivity contribution < 1.29 is 36.5 Å². The fourth-order valence-electron chi connectivity index (χ4n) is 1.74. The number of nitro groups is 1. The van der Waals surface area contributed by atoms with Crippen molar-refractivity contribution in [3.05, 3.63) is 27.8 Å². The standard InChI is InChI=1S/C13H18N2O9S2/c1-21-11-6-9(10(15(17)18)7-12(11)22-2)8-23-13(16)14-4-5-24-26(19,20)25-3/h6-7H,4-5,8H2,1-3H3,(H,14,16). The number of carbonyl (C=O) groups excluding carboxylic acids is 1. The largest absolute Gasteiger partial charge is 0.493 e. The Bertz CT molecular complexity index is 752. The van der Waals surface area contributed by atoms with E-state index < -0.39 is 26.8 Å². The normalized spacial score (nSPS) is 10.9. The zero-order valence-corrected chi connectivity index (χ0v) is 15.8. The predicted molar refractivity (Wildman–Crippen MR) is 92.8 cm³/mol. The highest BCUT2D eigenvalue weighted by atomic mass is 33.1. The van der Waals surface area contributed by atoms with Crippen LogP contribution in [0.25, 0.3) is 0 Å². The molecule has 0 aliphatic carbocycles. The molecule has 1 aromatic carbocycles. The zero-order chi connectivity index (χ0) is 19.7. The van der Waals surface area contributed by atoms with Crippen molar-refractivity contribution in [1.29, 1.82) is 0 Å². The number of ether oxygens (including phenoxy) is 3. The van der Waals surface area contributed by atoms with E-state index in [1.54, 1.807) is 0 Å². The molecular weight excluding hydrogens is 392 g/mol. The van der Waals surface area contributed by atoms with Crippen LogP contribution in [0.4, 0.5) is 10.5 Å². The quantitative estimate of drug-likeness (QED) is 0.260. The van der Waals surface area contributed by atoms with Crippen molar-refractivity contribution >= 4 is 31.7 Å². The van der Waals surface area contributed by atoms with Crippen LogP contribution in [-0.4, -0.2) is 53.1 Å². The number of alkyl carbamates (subject to hydrolysis) is 1. The second-order valence-corrected chi connectivity index (χ2v) is 8.10. The minimum atomic E-state index is -3.68. The molecule has 0 unspecified atom stereocenters. The van der Waals surface area contributed by atoms with Crippen LogP contribution in [0.2, 0.25) is 0 Å². The second-order valence-electron chi connectivity index (χ2n) is 4.49. The summed E-state index contributed by atoms with van der Waals surface area (Å²) in [6, 6.07) is 2.49. The summed E-state index contributed by atoms with van der Waals surface area (Å²) < 4.78 is 41.6. The lowest BCUT2D eigenvalue weighted by Gasteiger charge is -2.11. The molecule has 0 aliphatic rings. The first kappa shape index (κ1) is 21.8. The molecule has 0 saturated heterocycles. The Morgan fingerprint density at radius 3 is 2.42 bits per heavy atom. The Labute approximate surface area is 153 Å². The maximum Gasteiger partial charge on any atom is 0.407 e. The maximum atomic E-state index is 11.6. The summed E-state index contributed by atoms with van der Waals surface area (Å²) in [7, 11) is -0.451. The Balaban J connectivity index is 2.65. The molecule has 11 nitrogen and oxygen atoms in total. The lowest BCUT2D eigenvalue weighted by atomic mass is 10.1. The number of methoxy groups -OCH3 is 2. The van der Waals surface area contributed by atoms with Gasteiger partial charge in [0.2, 0.25) is 0 Å². The van der Waals surface area contributed by atoms with Crippen molar-refractivity contribution in [2.75, 3.05) is 33.6 Å². The molecule has 146 valence electrons. The van der Waals surface area contributed by atoms with Crippen molar-refractivity contribution in [2.24, 2.45) is 0 Å². The summed E-state index contributed by atoms with van der Waals surface area (Å²) >= 11 is 0. The van der Waals surface area contributed by atoms with E-state index in [0.717, 1.165) is 6.07 Å². The second kappa shape index (κ2) is 10.0. The number of benzene rings is 1. The van der Waals surface area contributed by atoms with Crippen molar-refractivity contribution in [1.82, 2.24) is 5.32 Å². The van der Waals surface area contributed by atoms with Gasteiger partial charge in [-0.2, -0.15) is 8.42 Å². The number of amides is 1. The first-order valence-electron chi connectivity index (χ1n) is 6.99. The molecule has 0 spiro atoms. The third kappa shape index (κ3) is 6.57. The molecule has 0 radical (unpaired) electrons. The Hall–Kier alpha value is -2.25. The molecule has 0 heterocycles. The first-order chi connectivity index (χ1) is 12.2. The van der Waals surface area contributed by atoms with Gasteiger partial charge in [-0.1, -0.05) is 0 Å². The van der Waals surface area contributed by atoms with Gasteiger partial charge in [-0.3, -0.25) is 14.3 Å². The average Bonchev–Trinajstić information content (AvgIpc) is 2.62. The van der Waals surface area contributed by atoms with Crippen LogP contribution >= 0.6 is 10.8 Å². The van der Waals surface area contributed by atoms with Crippen LogP contribution in [0.3, 0.4) is 0 Å². The fourth-order valence-corrected chi connectivity index (χ4v) is 2.61. The molecule has 1 rings (SSSR count). The molecular formula is C13H18N2O9S2. The molecule has 0 saturated carbocycles. The third-order valence-corrected chi connectivity index (χ3v) is 5.32. The number of nitrogens with zero attached hydrogens (tertiary/aromatic N) is 1. The van der Waals surface area contributed by atoms with E-state index in [-0.39, 0.29) is 35.9 Å². The molecule has 0 fully saturated rings. The molecule has 1 amide bonds.